The Morgan fingerprint density at radius 3 is 2.12 bits per heavy atom. The zero-order valence-corrected chi connectivity index (χ0v) is 19.2. The molecule has 4 nitrogen and oxygen atoms in total. The number of para-hydroxylation sites is 1. The maximum atomic E-state index is 14.0. The Labute approximate surface area is 192 Å². The Balaban J connectivity index is 1.74. The van der Waals surface area contributed by atoms with Crippen molar-refractivity contribution in [3.8, 4) is 0 Å². The summed E-state index contributed by atoms with van der Waals surface area (Å²) in [7, 11) is 0. The SMILES string of the molecule is CC(C)(C)CC(=O)Nc1ccc(SC(C(=O)Nc2ccccc2F)c2ccccc2)cc1. The molecule has 0 heterocycles. The van der Waals surface area contributed by atoms with Crippen LogP contribution in [-0.2, 0) is 9.59 Å². The number of thioether (sulfide) groups is 1. The van der Waals surface area contributed by atoms with Gasteiger partial charge in [-0.2, -0.15) is 0 Å². The van der Waals surface area contributed by atoms with Crippen molar-refractivity contribution in [1.29, 1.82) is 0 Å². The minimum absolute atomic E-state index is 0.0377. The van der Waals surface area contributed by atoms with Crippen LogP contribution in [0.5, 0.6) is 0 Å². The third-order valence-electron chi connectivity index (χ3n) is 4.56. The molecular weight excluding hydrogens is 423 g/mol. The van der Waals surface area contributed by atoms with Crippen molar-refractivity contribution in [2.75, 3.05) is 10.6 Å². The summed E-state index contributed by atoms with van der Waals surface area (Å²) in [5, 5.41) is 5.03. The Bertz CT molecular complexity index is 1060. The number of hydrogen-bond donors (Lipinski definition) is 2. The highest BCUT2D eigenvalue weighted by molar-refractivity contribution is 8.00. The zero-order chi connectivity index (χ0) is 23.1. The van der Waals surface area contributed by atoms with E-state index in [0.29, 0.717) is 12.1 Å². The van der Waals surface area contributed by atoms with Crippen LogP contribution in [0.15, 0.2) is 83.8 Å². The molecule has 0 aromatic heterocycles. The molecule has 1 unspecified atom stereocenters. The Morgan fingerprint density at radius 1 is 0.875 bits per heavy atom. The monoisotopic (exact) mass is 450 g/mol. The molecule has 1 atom stereocenters. The standard InChI is InChI=1S/C26H27FN2O2S/c1-26(2,3)17-23(30)28-19-13-15-20(16-14-19)32-24(18-9-5-4-6-10-18)25(31)29-22-12-8-7-11-21(22)27/h4-16,24H,17H2,1-3H3,(H,28,30)(H,29,31). The number of carbonyl (C=O) groups is 2. The quantitative estimate of drug-likeness (QED) is 0.395. The molecule has 0 saturated carbocycles. The summed E-state index contributed by atoms with van der Waals surface area (Å²) in [5.41, 5.74) is 1.58. The van der Waals surface area contributed by atoms with Gasteiger partial charge in [-0.1, -0.05) is 63.2 Å². The Kier molecular flexibility index (Phi) is 7.70. The van der Waals surface area contributed by atoms with Gasteiger partial charge in [-0.05, 0) is 47.4 Å². The highest BCUT2D eigenvalue weighted by Gasteiger charge is 2.23. The van der Waals surface area contributed by atoms with E-state index >= 15 is 0 Å². The summed E-state index contributed by atoms with van der Waals surface area (Å²) in [6.07, 6.45) is 0.426. The zero-order valence-electron chi connectivity index (χ0n) is 18.4. The molecule has 0 bridgehead atoms. The first kappa shape index (κ1) is 23.5. The van der Waals surface area contributed by atoms with E-state index in [9.17, 15) is 14.0 Å². The summed E-state index contributed by atoms with van der Waals surface area (Å²) in [6, 6.07) is 22.8. The average molecular weight is 451 g/mol. The number of benzene rings is 3. The van der Waals surface area contributed by atoms with Crippen LogP contribution in [0.3, 0.4) is 0 Å². The van der Waals surface area contributed by atoms with Gasteiger partial charge in [0.05, 0.1) is 5.69 Å². The molecule has 2 amide bonds. The van der Waals surface area contributed by atoms with Crippen molar-refractivity contribution in [1.82, 2.24) is 0 Å². The lowest BCUT2D eigenvalue weighted by Crippen LogP contribution is -2.20. The average Bonchev–Trinajstić information content (AvgIpc) is 2.74. The van der Waals surface area contributed by atoms with E-state index in [4.69, 9.17) is 0 Å². The minimum atomic E-state index is -0.572. The smallest absolute Gasteiger partial charge is 0.242 e. The summed E-state index contributed by atoms with van der Waals surface area (Å²) in [5.74, 6) is -0.828. The molecule has 3 rings (SSSR count). The summed E-state index contributed by atoms with van der Waals surface area (Å²) in [4.78, 5) is 26.1. The normalized spacial score (nSPS) is 12.1. The lowest BCUT2D eigenvalue weighted by atomic mass is 9.92. The molecule has 0 radical (unpaired) electrons. The third kappa shape index (κ3) is 6.95. The van der Waals surface area contributed by atoms with E-state index in [1.54, 1.807) is 12.1 Å². The summed E-state index contributed by atoms with van der Waals surface area (Å²) in [6.45, 7) is 6.05. The first-order valence-electron chi connectivity index (χ1n) is 10.4. The van der Waals surface area contributed by atoms with Gasteiger partial charge in [0.15, 0.2) is 0 Å². The molecule has 0 aliphatic heterocycles. The van der Waals surface area contributed by atoms with E-state index in [-0.39, 0.29) is 22.9 Å². The fraction of sp³-hybridized carbons (Fsp3) is 0.231. The molecule has 0 spiro atoms. The largest absolute Gasteiger partial charge is 0.326 e. The Hall–Kier alpha value is -3.12. The third-order valence-corrected chi connectivity index (χ3v) is 5.82. The highest BCUT2D eigenvalue weighted by atomic mass is 32.2. The second-order valence-electron chi connectivity index (χ2n) is 8.69. The molecule has 6 heteroatoms. The molecule has 0 saturated heterocycles. The second-order valence-corrected chi connectivity index (χ2v) is 9.87. The van der Waals surface area contributed by atoms with Crippen molar-refractivity contribution in [3.63, 3.8) is 0 Å². The maximum Gasteiger partial charge on any atom is 0.242 e. The van der Waals surface area contributed by atoms with Gasteiger partial charge in [-0.25, -0.2) is 4.39 Å². The Morgan fingerprint density at radius 2 is 1.50 bits per heavy atom. The molecular formula is C26H27FN2O2S. The van der Waals surface area contributed by atoms with E-state index in [1.165, 1.54) is 23.9 Å². The molecule has 0 fully saturated rings. The molecule has 0 aliphatic carbocycles. The van der Waals surface area contributed by atoms with E-state index in [0.717, 1.165) is 10.5 Å². The molecule has 166 valence electrons. The highest BCUT2D eigenvalue weighted by Crippen LogP contribution is 2.37. The number of amides is 2. The molecule has 3 aromatic carbocycles. The number of halogens is 1. The molecule has 0 aliphatic rings. The van der Waals surface area contributed by atoms with Crippen molar-refractivity contribution < 1.29 is 14.0 Å². The number of anilines is 2. The first-order valence-corrected chi connectivity index (χ1v) is 11.3. The number of hydrogen-bond acceptors (Lipinski definition) is 3. The summed E-state index contributed by atoms with van der Waals surface area (Å²) >= 11 is 1.37. The van der Waals surface area contributed by atoms with Gasteiger partial charge in [0.1, 0.15) is 11.1 Å². The summed E-state index contributed by atoms with van der Waals surface area (Å²) < 4.78 is 14.0. The van der Waals surface area contributed by atoms with E-state index in [2.05, 4.69) is 10.6 Å². The second kappa shape index (κ2) is 10.5. The van der Waals surface area contributed by atoms with Crippen molar-refractivity contribution in [3.05, 3.63) is 90.2 Å². The first-order chi connectivity index (χ1) is 15.2. The maximum absolute atomic E-state index is 14.0. The fourth-order valence-electron chi connectivity index (χ4n) is 3.10. The number of carbonyl (C=O) groups excluding carboxylic acids is 2. The van der Waals surface area contributed by atoms with Crippen molar-refractivity contribution in [2.24, 2.45) is 5.41 Å². The molecule has 32 heavy (non-hydrogen) atoms. The van der Waals surface area contributed by atoms with Crippen LogP contribution in [0.1, 0.15) is 38.0 Å². The van der Waals surface area contributed by atoms with Gasteiger partial charge in [-0.3, -0.25) is 9.59 Å². The lowest BCUT2D eigenvalue weighted by molar-refractivity contribution is -0.118. The van der Waals surface area contributed by atoms with Crippen LogP contribution in [0.2, 0.25) is 0 Å². The van der Waals surface area contributed by atoms with Gasteiger partial charge >= 0.3 is 0 Å². The van der Waals surface area contributed by atoms with Gasteiger partial charge in [0, 0.05) is 17.0 Å². The van der Waals surface area contributed by atoms with Crippen molar-refractivity contribution in [2.45, 2.75) is 37.3 Å². The number of nitrogens with one attached hydrogen (secondary N) is 2. The van der Waals surface area contributed by atoms with Gasteiger partial charge < -0.3 is 10.6 Å². The van der Waals surface area contributed by atoms with Crippen LogP contribution < -0.4 is 10.6 Å². The van der Waals surface area contributed by atoms with Crippen LogP contribution in [0, 0.1) is 11.2 Å². The minimum Gasteiger partial charge on any atom is -0.326 e. The predicted molar refractivity (Wildman–Crippen MR) is 129 cm³/mol. The fourth-order valence-corrected chi connectivity index (χ4v) is 4.13. The van der Waals surface area contributed by atoms with Crippen LogP contribution >= 0.6 is 11.8 Å². The predicted octanol–water partition coefficient (Wildman–Crippen LogP) is 6.67. The number of rotatable bonds is 7. The molecule has 3 aromatic rings. The lowest BCUT2D eigenvalue weighted by Gasteiger charge is -2.18. The van der Waals surface area contributed by atoms with E-state index < -0.39 is 11.1 Å². The van der Waals surface area contributed by atoms with Crippen LogP contribution in [-0.4, -0.2) is 11.8 Å². The topological polar surface area (TPSA) is 58.2 Å². The molecule has 2 N–H and O–H groups in total. The van der Waals surface area contributed by atoms with Crippen molar-refractivity contribution >= 4 is 35.0 Å². The van der Waals surface area contributed by atoms with E-state index in [1.807, 2.05) is 75.4 Å². The van der Waals surface area contributed by atoms with Gasteiger partial charge in [0.25, 0.3) is 0 Å². The van der Waals surface area contributed by atoms with Gasteiger partial charge in [-0.15, -0.1) is 11.8 Å². The van der Waals surface area contributed by atoms with Crippen LogP contribution in [0.4, 0.5) is 15.8 Å². The van der Waals surface area contributed by atoms with Crippen LogP contribution in [0.25, 0.3) is 0 Å². The van der Waals surface area contributed by atoms with Gasteiger partial charge in [0.2, 0.25) is 11.8 Å².